The number of nitrogens with zero attached hydrogens (tertiary/aromatic N) is 3. The molecule has 0 aliphatic heterocycles. The molecule has 1 heterocycles. The third kappa shape index (κ3) is 5.02. The summed E-state index contributed by atoms with van der Waals surface area (Å²) in [6.07, 6.45) is 0.666. The molecule has 0 saturated heterocycles. The van der Waals surface area contributed by atoms with Gasteiger partial charge < -0.3 is 11.1 Å². The van der Waals surface area contributed by atoms with Crippen molar-refractivity contribution in [2.75, 3.05) is 31.7 Å². The number of sulfonamides is 1. The fourth-order valence-electron chi connectivity index (χ4n) is 2.77. The summed E-state index contributed by atoms with van der Waals surface area (Å²) in [5.41, 5.74) is 8.07. The van der Waals surface area contributed by atoms with Crippen molar-refractivity contribution >= 4 is 45.0 Å². The van der Waals surface area contributed by atoms with Crippen molar-refractivity contribution in [3.05, 3.63) is 64.1 Å². The van der Waals surface area contributed by atoms with E-state index in [0.717, 1.165) is 5.56 Å². The first kappa shape index (κ1) is 22.3. The van der Waals surface area contributed by atoms with Crippen LogP contribution in [-0.2, 0) is 16.4 Å². The molecular formula is C20H21Cl2N5O2S. The number of benzene rings is 2. The van der Waals surface area contributed by atoms with Crippen LogP contribution in [0.5, 0.6) is 0 Å². The number of hydrogen-bond donors (Lipinski definition) is 2. The fourth-order valence-corrected chi connectivity index (χ4v) is 4.07. The molecule has 1 aromatic heterocycles. The van der Waals surface area contributed by atoms with Gasteiger partial charge in [-0.2, -0.15) is 4.98 Å². The highest BCUT2D eigenvalue weighted by molar-refractivity contribution is 7.89. The number of halogens is 2. The van der Waals surface area contributed by atoms with Crippen molar-refractivity contribution in [3.63, 3.8) is 0 Å². The Morgan fingerprint density at radius 1 is 1.07 bits per heavy atom. The summed E-state index contributed by atoms with van der Waals surface area (Å²) in [7, 11) is -0.422. The van der Waals surface area contributed by atoms with Crippen LogP contribution in [0.2, 0.25) is 10.0 Å². The normalized spacial score (nSPS) is 11.6. The van der Waals surface area contributed by atoms with Crippen LogP contribution in [0.25, 0.3) is 11.3 Å². The topological polar surface area (TPSA) is 101 Å². The first-order valence-corrected chi connectivity index (χ1v) is 11.2. The van der Waals surface area contributed by atoms with E-state index in [1.807, 2.05) is 6.07 Å². The minimum atomic E-state index is -3.43. The van der Waals surface area contributed by atoms with Crippen LogP contribution in [0.15, 0.2) is 53.4 Å². The van der Waals surface area contributed by atoms with Gasteiger partial charge in [0.2, 0.25) is 16.0 Å². The van der Waals surface area contributed by atoms with Crippen molar-refractivity contribution < 1.29 is 8.42 Å². The van der Waals surface area contributed by atoms with Gasteiger partial charge in [0, 0.05) is 32.3 Å². The molecule has 10 heteroatoms. The molecule has 0 aliphatic rings. The monoisotopic (exact) mass is 465 g/mol. The van der Waals surface area contributed by atoms with E-state index < -0.39 is 10.0 Å². The second-order valence-corrected chi connectivity index (χ2v) is 9.64. The van der Waals surface area contributed by atoms with E-state index in [-0.39, 0.29) is 10.8 Å². The van der Waals surface area contributed by atoms with Crippen LogP contribution in [0.1, 0.15) is 5.56 Å². The zero-order valence-corrected chi connectivity index (χ0v) is 18.8. The second-order valence-electron chi connectivity index (χ2n) is 6.71. The third-order valence-electron chi connectivity index (χ3n) is 4.39. The summed E-state index contributed by atoms with van der Waals surface area (Å²) >= 11 is 12.4. The summed E-state index contributed by atoms with van der Waals surface area (Å²) in [6, 6.07) is 13.8. The Morgan fingerprint density at radius 3 is 2.43 bits per heavy atom. The average Bonchev–Trinajstić information content (AvgIpc) is 2.70. The molecule has 3 N–H and O–H groups in total. The molecule has 0 atom stereocenters. The summed E-state index contributed by atoms with van der Waals surface area (Å²) in [4.78, 5) is 8.70. The number of nitrogens with two attached hydrogens (primary N) is 1. The Kier molecular flexibility index (Phi) is 6.82. The second kappa shape index (κ2) is 9.18. The molecule has 0 amide bonds. The van der Waals surface area contributed by atoms with Gasteiger partial charge in [-0.25, -0.2) is 17.7 Å². The smallest absolute Gasteiger partial charge is 0.242 e. The molecule has 0 spiro atoms. The van der Waals surface area contributed by atoms with Crippen molar-refractivity contribution in [2.24, 2.45) is 0 Å². The van der Waals surface area contributed by atoms with Crippen molar-refractivity contribution in [1.82, 2.24) is 14.3 Å². The Balaban J connectivity index is 1.70. The van der Waals surface area contributed by atoms with Gasteiger partial charge in [-0.3, -0.25) is 0 Å². The lowest BCUT2D eigenvalue weighted by Gasteiger charge is -2.12. The molecule has 0 fully saturated rings. The number of hydrogen-bond acceptors (Lipinski definition) is 6. The van der Waals surface area contributed by atoms with E-state index in [0.29, 0.717) is 40.1 Å². The lowest BCUT2D eigenvalue weighted by Crippen LogP contribution is -2.22. The van der Waals surface area contributed by atoms with Crippen LogP contribution in [0.3, 0.4) is 0 Å². The van der Waals surface area contributed by atoms with Gasteiger partial charge in [0.05, 0.1) is 20.6 Å². The van der Waals surface area contributed by atoms with Crippen LogP contribution >= 0.6 is 23.2 Å². The van der Waals surface area contributed by atoms with E-state index in [9.17, 15) is 8.42 Å². The van der Waals surface area contributed by atoms with Crippen molar-refractivity contribution in [1.29, 1.82) is 0 Å². The molecule has 0 unspecified atom stereocenters. The lowest BCUT2D eigenvalue weighted by atomic mass is 10.1. The number of nitrogen functional groups attached to an aromatic ring is 1. The largest absolute Gasteiger partial charge is 0.370 e. The van der Waals surface area contributed by atoms with E-state index in [2.05, 4.69) is 15.3 Å². The molecule has 3 rings (SSSR count). The molecular weight excluding hydrogens is 445 g/mol. The highest BCUT2D eigenvalue weighted by Crippen LogP contribution is 2.33. The van der Waals surface area contributed by atoms with Gasteiger partial charge in [0.15, 0.2) is 0 Å². The van der Waals surface area contributed by atoms with Gasteiger partial charge in [-0.05, 0) is 30.2 Å². The maximum atomic E-state index is 12.1. The van der Waals surface area contributed by atoms with Crippen LogP contribution < -0.4 is 11.1 Å². The summed E-state index contributed by atoms with van der Waals surface area (Å²) < 4.78 is 25.5. The molecule has 158 valence electrons. The molecule has 3 aromatic rings. The first-order chi connectivity index (χ1) is 14.2. The predicted octanol–water partition coefficient (Wildman–Crippen LogP) is 3.94. The lowest BCUT2D eigenvalue weighted by molar-refractivity contribution is 0.520. The van der Waals surface area contributed by atoms with Gasteiger partial charge in [-0.1, -0.05) is 47.5 Å². The molecule has 0 saturated carbocycles. The number of rotatable bonds is 7. The quantitative estimate of drug-likeness (QED) is 0.547. The molecule has 7 nitrogen and oxygen atoms in total. The third-order valence-corrected chi connectivity index (χ3v) is 7.04. The van der Waals surface area contributed by atoms with E-state index in [4.69, 9.17) is 28.9 Å². The highest BCUT2D eigenvalue weighted by Gasteiger charge is 2.16. The van der Waals surface area contributed by atoms with Crippen LogP contribution in [-0.4, -0.2) is 43.3 Å². The Morgan fingerprint density at radius 2 is 1.77 bits per heavy atom. The minimum absolute atomic E-state index is 0.115. The molecule has 0 bridgehead atoms. The van der Waals surface area contributed by atoms with Crippen molar-refractivity contribution in [2.45, 2.75) is 11.3 Å². The van der Waals surface area contributed by atoms with E-state index in [1.165, 1.54) is 18.4 Å². The SMILES string of the molecule is CN(C)S(=O)(=O)c1ccc(CCNc2cc(-c3cccc(Cl)c3Cl)nc(N)n2)cc1. The Labute approximate surface area is 185 Å². The van der Waals surface area contributed by atoms with E-state index >= 15 is 0 Å². The summed E-state index contributed by atoms with van der Waals surface area (Å²) in [5, 5.41) is 4.04. The van der Waals surface area contributed by atoms with Crippen molar-refractivity contribution in [3.8, 4) is 11.3 Å². The van der Waals surface area contributed by atoms with Gasteiger partial charge in [0.1, 0.15) is 5.82 Å². The average molecular weight is 466 g/mol. The zero-order chi connectivity index (χ0) is 21.9. The number of nitrogens with one attached hydrogen (secondary N) is 1. The number of aromatic nitrogens is 2. The number of anilines is 2. The summed E-state index contributed by atoms with van der Waals surface area (Å²) in [6.45, 7) is 0.568. The molecule has 0 radical (unpaired) electrons. The molecule has 30 heavy (non-hydrogen) atoms. The molecule has 0 aliphatic carbocycles. The maximum absolute atomic E-state index is 12.1. The molecule has 2 aromatic carbocycles. The van der Waals surface area contributed by atoms with E-state index in [1.54, 1.807) is 42.5 Å². The Hall–Kier alpha value is -2.39. The summed E-state index contributed by atoms with van der Waals surface area (Å²) in [5.74, 6) is 0.671. The predicted molar refractivity (Wildman–Crippen MR) is 121 cm³/mol. The standard InChI is InChI=1S/C20H21Cl2N5O2S/c1-27(2)30(28,29)14-8-6-13(7-9-14)10-11-24-18-12-17(25-20(23)26-18)15-4-3-5-16(21)19(15)22/h3-9,12H,10-11H2,1-2H3,(H3,23,24,25,26). The zero-order valence-electron chi connectivity index (χ0n) is 16.4. The van der Waals surface area contributed by atoms with Gasteiger partial charge in [-0.15, -0.1) is 0 Å². The highest BCUT2D eigenvalue weighted by atomic mass is 35.5. The first-order valence-electron chi connectivity index (χ1n) is 9.03. The fraction of sp³-hybridized carbons (Fsp3) is 0.200. The van der Waals surface area contributed by atoms with Gasteiger partial charge >= 0.3 is 0 Å². The van der Waals surface area contributed by atoms with Crippen LogP contribution in [0.4, 0.5) is 11.8 Å². The minimum Gasteiger partial charge on any atom is -0.370 e. The Bertz CT molecular complexity index is 1150. The maximum Gasteiger partial charge on any atom is 0.242 e. The van der Waals surface area contributed by atoms with Gasteiger partial charge in [0.25, 0.3) is 0 Å². The van der Waals surface area contributed by atoms with Crippen LogP contribution in [0, 0.1) is 0 Å².